The Hall–Kier alpha value is -2.29. The van der Waals surface area contributed by atoms with E-state index in [1.165, 1.54) is 12.3 Å². The molecular weight excluding hydrogens is 246 g/mol. The number of amides is 1. The van der Waals surface area contributed by atoms with Crippen LogP contribution >= 0.6 is 0 Å². The molecule has 1 amide bonds. The van der Waals surface area contributed by atoms with E-state index in [-0.39, 0.29) is 23.7 Å². The minimum Gasteiger partial charge on any atom is -0.347 e. The van der Waals surface area contributed by atoms with Gasteiger partial charge in [-0.25, -0.2) is 0 Å². The summed E-state index contributed by atoms with van der Waals surface area (Å²) in [5.74, 6) is 2.15. The molecule has 1 aliphatic carbocycles. The molecule has 100 valence electrons. The zero-order chi connectivity index (χ0) is 14.0. The predicted molar refractivity (Wildman–Crippen MR) is 69.7 cm³/mol. The summed E-state index contributed by atoms with van der Waals surface area (Å²) >= 11 is 0. The van der Waals surface area contributed by atoms with Crippen LogP contribution in [-0.2, 0) is 0 Å². The lowest BCUT2D eigenvalue weighted by atomic mass is 10.2. The zero-order valence-corrected chi connectivity index (χ0v) is 10.6. The largest absolute Gasteiger partial charge is 0.347 e. The molecule has 0 saturated heterocycles. The molecule has 19 heavy (non-hydrogen) atoms. The molecule has 1 N–H and O–H groups in total. The molecule has 6 heteroatoms. The third-order valence-electron chi connectivity index (χ3n) is 3.02. The summed E-state index contributed by atoms with van der Waals surface area (Å²) in [6.07, 6.45) is 8.94. The second-order valence-corrected chi connectivity index (χ2v) is 4.76. The first-order chi connectivity index (χ1) is 9.02. The molecule has 0 aromatic carbocycles. The second kappa shape index (κ2) is 5.14. The van der Waals surface area contributed by atoms with Gasteiger partial charge in [-0.15, -0.1) is 12.3 Å². The Balaban J connectivity index is 2.20. The number of hydrogen-bond donors (Lipinski definition) is 1. The Kier molecular flexibility index (Phi) is 3.56. The molecule has 0 aliphatic heterocycles. The van der Waals surface area contributed by atoms with Crippen molar-refractivity contribution >= 4 is 11.6 Å². The van der Waals surface area contributed by atoms with Crippen LogP contribution in [0.2, 0.25) is 0 Å². The minimum absolute atomic E-state index is 0.0540. The number of carbonyl (C=O) groups is 1. The third-order valence-corrected chi connectivity index (χ3v) is 3.02. The van der Waals surface area contributed by atoms with Gasteiger partial charge in [0.05, 0.1) is 11.1 Å². The van der Waals surface area contributed by atoms with Gasteiger partial charge in [0.2, 0.25) is 0 Å². The van der Waals surface area contributed by atoms with Crippen LogP contribution in [0.3, 0.4) is 0 Å². The number of rotatable bonds is 5. The van der Waals surface area contributed by atoms with E-state index in [1.807, 2.05) is 0 Å². The number of aromatic nitrogens is 1. The van der Waals surface area contributed by atoms with Crippen LogP contribution in [-0.4, -0.2) is 21.4 Å². The second-order valence-electron chi connectivity index (χ2n) is 4.76. The SMILES string of the molecule is C#CCC(C)NC(=O)c1cc([N+](=O)[O-])cn1C1CC1. The molecule has 0 radical (unpaired) electrons. The van der Waals surface area contributed by atoms with Crippen molar-refractivity contribution in [3.63, 3.8) is 0 Å². The smallest absolute Gasteiger partial charge is 0.287 e. The summed E-state index contributed by atoms with van der Waals surface area (Å²) in [7, 11) is 0. The van der Waals surface area contributed by atoms with Gasteiger partial charge in [-0.3, -0.25) is 14.9 Å². The standard InChI is InChI=1S/C13H15N3O3/c1-3-4-9(2)14-13(17)12-7-11(16(18)19)8-15(12)10-5-6-10/h1,7-10H,4-6H2,2H3,(H,14,17). The lowest BCUT2D eigenvalue weighted by molar-refractivity contribution is -0.384. The van der Waals surface area contributed by atoms with Gasteiger partial charge in [0.25, 0.3) is 11.6 Å². The summed E-state index contributed by atoms with van der Waals surface area (Å²) < 4.78 is 1.69. The van der Waals surface area contributed by atoms with Gasteiger partial charge in [0.1, 0.15) is 5.69 Å². The Morgan fingerprint density at radius 3 is 2.95 bits per heavy atom. The predicted octanol–water partition coefficient (Wildman–Crippen LogP) is 1.87. The fourth-order valence-corrected chi connectivity index (χ4v) is 1.93. The summed E-state index contributed by atoms with van der Waals surface area (Å²) in [4.78, 5) is 22.4. The molecule has 2 rings (SSSR count). The van der Waals surface area contributed by atoms with E-state index in [9.17, 15) is 14.9 Å². The molecule has 1 saturated carbocycles. The number of hydrogen-bond acceptors (Lipinski definition) is 3. The van der Waals surface area contributed by atoms with Gasteiger partial charge >= 0.3 is 0 Å². The van der Waals surface area contributed by atoms with Gasteiger partial charge < -0.3 is 9.88 Å². The monoisotopic (exact) mass is 261 g/mol. The highest BCUT2D eigenvalue weighted by molar-refractivity contribution is 5.93. The number of carbonyl (C=O) groups excluding carboxylic acids is 1. The van der Waals surface area contributed by atoms with Crippen LogP contribution in [0.15, 0.2) is 12.3 Å². The average molecular weight is 261 g/mol. The van der Waals surface area contributed by atoms with Gasteiger partial charge in [0, 0.05) is 24.6 Å². The normalized spacial score (nSPS) is 15.6. The number of nitrogens with one attached hydrogen (secondary N) is 1. The van der Waals surface area contributed by atoms with Crippen LogP contribution in [0.25, 0.3) is 0 Å². The van der Waals surface area contributed by atoms with Gasteiger partial charge in [-0.1, -0.05) is 0 Å². The maximum absolute atomic E-state index is 12.1. The van der Waals surface area contributed by atoms with Crippen molar-refractivity contribution < 1.29 is 9.72 Å². The fraction of sp³-hybridized carbons (Fsp3) is 0.462. The maximum Gasteiger partial charge on any atom is 0.287 e. The van der Waals surface area contributed by atoms with E-state index in [4.69, 9.17) is 6.42 Å². The number of terminal acetylenes is 1. The molecule has 1 atom stereocenters. The van der Waals surface area contributed by atoms with Crippen LogP contribution in [0.4, 0.5) is 5.69 Å². The quantitative estimate of drug-likeness (QED) is 0.499. The Bertz CT molecular complexity index is 552. The molecule has 1 heterocycles. The summed E-state index contributed by atoms with van der Waals surface area (Å²) in [5, 5.41) is 13.5. The highest BCUT2D eigenvalue weighted by atomic mass is 16.6. The molecule has 6 nitrogen and oxygen atoms in total. The van der Waals surface area contributed by atoms with Crippen molar-refractivity contribution in [2.24, 2.45) is 0 Å². The first kappa shape index (κ1) is 13.1. The molecular formula is C13H15N3O3. The first-order valence-corrected chi connectivity index (χ1v) is 6.13. The number of nitro groups is 1. The van der Waals surface area contributed by atoms with Crippen LogP contribution in [0, 0.1) is 22.5 Å². The lowest BCUT2D eigenvalue weighted by Crippen LogP contribution is -2.33. The van der Waals surface area contributed by atoms with Crippen LogP contribution < -0.4 is 5.32 Å². The number of nitrogens with zero attached hydrogens (tertiary/aromatic N) is 2. The van der Waals surface area contributed by atoms with E-state index >= 15 is 0 Å². The molecule has 1 unspecified atom stereocenters. The van der Waals surface area contributed by atoms with Gasteiger partial charge in [-0.2, -0.15) is 0 Å². The van der Waals surface area contributed by atoms with Gasteiger partial charge in [-0.05, 0) is 19.8 Å². The highest BCUT2D eigenvalue weighted by Gasteiger charge is 2.30. The Morgan fingerprint density at radius 2 is 2.42 bits per heavy atom. The van der Waals surface area contributed by atoms with Crippen molar-refractivity contribution in [1.29, 1.82) is 0 Å². The molecule has 0 bridgehead atoms. The summed E-state index contributed by atoms with van der Waals surface area (Å²) in [6.45, 7) is 1.80. The van der Waals surface area contributed by atoms with Crippen molar-refractivity contribution in [3.05, 3.63) is 28.1 Å². The lowest BCUT2D eigenvalue weighted by Gasteiger charge is -2.12. The van der Waals surface area contributed by atoms with Crippen LogP contribution in [0.5, 0.6) is 0 Å². The zero-order valence-electron chi connectivity index (χ0n) is 10.6. The van der Waals surface area contributed by atoms with Crippen molar-refractivity contribution in [2.45, 2.75) is 38.3 Å². The molecule has 0 spiro atoms. The maximum atomic E-state index is 12.1. The van der Waals surface area contributed by atoms with E-state index in [2.05, 4.69) is 11.2 Å². The van der Waals surface area contributed by atoms with E-state index in [0.29, 0.717) is 12.1 Å². The topological polar surface area (TPSA) is 77.2 Å². The minimum atomic E-state index is -0.486. The Morgan fingerprint density at radius 1 is 1.74 bits per heavy atom. The fourth-order valence-electron chi connectivity index (χ4n) is 1.93. The molecule has 1 fully saturated rings. The van der Waals surface area contributed by atoms with Crippen molar-refractivity contribution in [2.75, 3.05) is 0 Å². The van der Waals surface area contributed by atoms with Crippen molar-refractivity contribution in [1.82, 2.24) is 9.88 Å². The third kappa shape index (κ3) is 2.94. The van der Waals surface area contributed by atoms with E-state index < -0.39 is 4.92 Å². The van der Waals surface area contributed by atoms with Crippen molar-refractivity contribution in [3.8, 4) is 12.3 Å². The molecule has 1 aliphatic rings. The van der Waals surface area contributed by atoms with E-state index in [0.717, 1.165) is 12.8 Å². The first-order valence-electron chi connectivity index (χ1n) is 6.13. The highest BCUT2D eigenvalue weighted by Crippen LogP contribution is 2.37. The Labute approximate surface area is 110 Å². The van der Waals surface area contributed by atoms with Crippen LogP contribution in [0.1, 0.15) is 42.7 Å². The molecule has 1 aromatic heterocycles. The summed E-state index contributed by atoms with van der Waals surface area (Å²) in [5.41, 5.74) is 0.278. The average Bonchev–Trinajstić information content (AvgIpc) is 3.07. The summed E-state index contributed by atoms with van der Waals surface area (Å²) in [6, 6.07) is 1.37. The van der Waals surface area contributed by atoms with E-state index in [1.54, 1.807) is 11.5 Å². The van der Waals surface area contributed by atoms with Gasteiger partial charge in [0.15, 0.2) is 0 Å². The molecule has 1 aromatic rings.